The SMILES string of the molecule is CC/C=C\C/C=C\C/C=C\C/C=C\C/C=C\C/C=C\CCCCCCCCCCCCCCCCCCC(=O)OC(COC(=O)CCCCCCCCCCCCCCCCCCCCC/C=C\C/C=C\C/C=C\C/C=C\C/C=C\CC)COP(=O)(O)OCCN. The van der Waals surface area contributed by atoms with Gasteiger partial charge in [-0.3, -0.25) is 18.6 Å². The largest absolute Gasteiger partial charge is 0.472 e. The van der Waals surface area contributed by atoms with Crippen molar-refractivity contribution in [2.45, 2.75) is 341 Å². The molecule has 0 saturated heterocycles. The number of phosphoric ester groups is 1. The van der Waals surface area contributed by atoms with Crippen LogP contribution in [0, 0.1) is 0 Å². The maximum Gasteiger partial charge on any atom is 0.472 e. The highest BCUT2D eigenvalue weighted by atomic mass is 31.2. The number of hydrogen-bond acceptors (Lipinski definition) is 8. The highest BCUT2D eigenvalue weighted by molar-refractivity contribution is 7.47. The fourth-order valence-electron chi connectivity index (χ4n) is 10.6. The quantitative estimate of drug-likeness (QED) is 0.0264. The lowest BCUT2D eigenvalue weighted by molar-refractivity contribution is -0.161. The lowest BCUT2D eigenvalue weighted by Crippen LogP contribution is -2.29. The Hall–Kier alpha value is -3.85. The Morgan fingerprint density at radius 3 is 0.846 bits per heavy atom. The van der Waals surface area contributed by atoms with Gasteiger partial charge in [0.25, 0.3) is 0 Å². The van der Waals surface area contributed by atoms with Gasteiger partial charge in [0.1, 0.15) is 6.61 Å². The predicted octanol–water partition coefficient (Wildman–Crippen LogP) is 25.2. The summed E-state index contributed by atoms with van der Waals surface area (Å²) in [6.45, 7) is 3.55. The van der Waals surface area contributed by atoms with Gasteiger partial charge in [0.2, 0.25) is 0 Å². The molecule has 0 heterocycles. The Morgan fingerprint density at radius 2 is 0.571 bits per heavy atom. The first kappa shape index (κ1) is 87.2. The molecule has 3 N–H and O–H groups in total. The molecule has 2 atom stereocenters. The molecule has 0 fully saturated rings. The third-order valence-corrected chi connectivity index (χ3v) is 17.0. The molecule has 0 aromatic rings. The Kier molecular flexibility index (Phi) is 72.0. The van der Waals surface area contributed by atoms with Crippen LogP contribution >= 0.6 is 7.82 Å². The summed E-state index contributed by atoms with van der Waals surface area (Å²) in [6, 6.07) is 0. The third kappa shape index (κ3) is 75.1. The number of carbonyl (C=O) groups is 2. The Balaban J connectivity index is 3.84. The number of esters is 2. The van der Waals surface area contributed by atoms with Crippen LogP contribution in [0.25, 0.3) is 0 Å². The molecule has 0 saturated carbocycles. The van der Waals surface area contributed by atoms with Crippen molar-refractivity contribution in [2.75, 3.05) is 26.4 Å². The van der Waals surface area contributed by atoms with E-state index in [0.29, 0.717) is 6.42 Å². The van der Waals surface area contributed by atoms with Crippen LogP contribution in [-0.4, -0.2) is 49.3 Å². The van der Waals surface area contributed by atoms with Crippen LogP contribution in [0.5, 0.6) is 0 Å². The van der Waals surface area contributed by atoms with E-state index in [1.54, 1.807) is 0 Å². The minimum absolute atomic E-state index is 0.0506. The van der Waals surface area contributed by atoms with Crippen molar-refractivity contribution in [2.24, 2.45) is 5.73 Å². The van der Waals surface area contributed by atoms with Crippen LogP contribution in [0.15, 0.2) is 134 Å². The molecule has 522 valence electrons. The van der Waals surface area contributed by atoms with E-state index in [1.165, 1.54) is 193 Å². The molecule has 0 amide bonds. The summed E-state index contributed by atoms with van der Waals surface area (Å²) < 4.78 is 33.3. The van der Waals surface area contributed by atoms with Crippen molar-refractivity contribution in [3.8, 4) is 0 Å². The van der Waals surface area contributed by atoms with Crippen molar-refractivity contribution < 1.29 is 37.6 Å². The molecule has 0 spiro atoms. The van der Waals surface area contributed by atoms with Crippen molar-refractivity contribution in [3.63, 3.8) is 0 Å². The third-order valence-electron chi connectivity index (χ3n) is 16.0. The van der Waals surface area contributed by atoms with Gasteiger partial charge in [0.15, 0.2) is 6.10 Å². The summed E-state index contributed by atoms with van der Waals surface area (Å²) in [5.41, 5.74) is 5.41. The smallest absolute Gasteiger partial charge is 0.462 e. The number of phosphoric acid groups is 1. The second-order valence-electron chi connectivity index (χ2n) is 24.8. The van der Waals surface area contributed by atoms with Crippen LogP contribution in [0.1, 0.15) is 335 Å². The highest BCUT2D eigenvalue weighted by Gasteiger charge is 2.26. The summed E-state index contributed by atoms with van der Waals surface area (Å²) in [6.07, 6.45) is 107. The van der Waals surface area contributed by atoms with Crippen molar-refractivity contribution in [3.05, 3.63) is 134 Å². The number of carbonyl (C=O) groups excluding carboxylic acids is 2. The Labute approximate surface area is 561 Å². The van der Waals surface area contributed by atoms with Gasteiger partial charge in [-0.15, -0.1) is 0 Å². The maximum absolute atomic E-state index is 12.8. The molecule has 0 rings (SSSR count). The summed E-state index contributed by atoms with van der Waals surface area (Å²) in [7, 11) is -4.40. The molecular weight excluding hydrogens is 1150 g/mol. The van der Waals surface area contributed by atoms with Crippen molar-refractivity contribution in [1.82, 2.24) is 0 Å². The summed E-state index contributed by atoms with van der Waals surface area (Å²) in [5, 5.41) is 0. The van der Waals surface area contributed by atoms with Gasteiger partial charge in [-0.2, -0.15) is 0 Å². The van der Waals surface area contributed by atoms with Gasteiger partial charge >= 0.3 is 19.8 Å². The van der Waals surface area contributed by atoms with Gasteiger partial charge in [0, 0.05) is 19.4 Å². The number of unbranched alkanes of at least 4 members (excludes halogenated alkanes) is 35. The van der Waals surface area contributed by atoms with E-state index in [1.807, 2.05) is 0 Å². The molecule has 0 aliphatic carbocycles. The monoisotopic (exact) mass is 1290 g/mol. The number of nitrogens with two attached hydrogens (primary N) is 1. The van der Waals surface area contributed by atoms with E-state index < -0.39 is 26.5 Å². The molecule has 91 heavy (non-hydrogen) atoms. The highest BCUT2D eigenvalue weighted by Crippen LogP contribution is 2.43. The zero-order chi connectivity index (χ0) is 65.8. The summed E-state index contributed by atoms with van der Waals surface area (Å²) in [4.78, 5) is 35.4. The molecule has 9 nitrogen and oxygen atoms in total. The average molecular weight is 1290 g/mol. The van der Waals surface area contributed by atoms with Gasteiger partial charge < -0.3 is 20.1 Å². The normalized spacial score (nSPS) is 13.7. The van der Waals surface area contributed by atoms with Crippen LogP contribution < -0.4 is 5.73 Å². The Bertz CT molecular complexity index is 1960. The lowest BCUT2D eigenvalue weighted by atomic mass is 10.0. The molecule has 2 unspecified atom stereocenters. The first-order valence-corrected chi connectivity index (χ1v) is 39.2. The number of ether oxygens (including phenoxy) is 2. The second kappa shape index (κ2) is 75.2. The van der Waals surface area contributed by atoms with Gasteiger partial charge in [0.05, 0.1) is 13.2 Å². The first-order valence-electron chi connectivity index (χ1n) is 37.7. The summed E-state index contributed by atoms with van der Waals surface area (Å²) in [5.74, 6) is -0.818. The van der Waals surface area contributed by atoms with Crippen molar-refractivity contribution in [1.29, 1.82) is 0 Å². The Morgan fingerprint density at radius 1 is 0.330 bits per heavy atom. The molecule has 0 radical (unpaired) electrons. The van der Waals surface area contributed by atoms with Crippen LogP contribution in [0.4, 0.5) is 0 Å². The second-order valence-corrected chi connectivity index (χ2v) is 26.2. The van der Waals surface area contributed by atoms with Crippen molar-refractivity contribution >= 4 is 19.8 Å². The number of allylic oxidation sites excluding steroid dienone is 22. The minimum atomic E-state index is -4.40. The fourth-order valence-corrected chi connectivity index (χ4v) is 11.3. The van der Waals surface area contributed by atoms with E-state index in [-0.39, 0.29) is 38.6 Å². The molecule has 0 aliphatic heterocycles. The molecule has 10 heteroatoms. The number of rotatable bonds is 70. The topological polar surface area (TPSA) is 134 Å². The van der Waals surface area contributed by atoms with Gasteiger partial charge in [-0.1, -0.05) is 347 Å². The fraction of sp³-hybridized carbons (Fsp3) is 0.704. The molecular formula is C81H140NO8P. The molecule has 0 aromatic heterocycles. The van der Waals surface area contributed by atoms with E-state index in [9.17, 15) is 19.0 Å². The molecule has 0 bridgehead atoms. The predicted molar refractivity (Wildman–Crippen MR) is 394 cm³/mol. The van der Waals surface area contributed by atoms with E-state index >= 15 is 0 Å². The molecule has 0 aromatic carbocycles. The van der Waals surface area contributed by atoms with Crippen LogP contribution in [0.2, 0.25) is 0 Å². The number of hydrogen-bond donors (Lipinski definition) is 2. The lowest BCUT2D eigenvalue weighted by Gasteiger charge is -2.19. The standard InChI is InChI=1S/C81H140NO8P/c1-3-5-7-9-11-13-15-17-19-21-23-25-27-29-31-33-35-37-39-41-43-45-47-49-51-53-55-57-59-61-63-65-67-69-71-73-80(83)87-77-79(78-89-91(85,86)88-76-75-82)90-81(84)74-72-70-68-66-64-62-60-58-56-54-52-50-48-46-44-42-40-38-36-34-32-30-28-26-24-22-20-18-16-14-12-10-8-6-4-2/h5-8,11-14,17-20,23-26,29-32,36,38,79H,3-4,9-10,15-16,21-22,27-28,33-35,37,39-78,82H2,1-2H3,(H,85,86)/b7-5-,8-6-,13-11-,14-12-,19-17-,20-18-,25-23-,26-24-,31-29-,32-30-,38-36-. The molecule has 0 aliphatic rings. The van der Waals surface area contributed by atoms with Gasteiger partial charge in [-0.05, 0) is 109 Å². The average Bonchev–Trinajstić information content (AvgIpc) is 3.68. The van der Waals surface area contributed by atoms with Crippen LogP contribution in [-0.2, 0) is 32.7 Å². The van der Waals surface area contributed by atoms with Gasteiger partial charge in [-0.25, -0.2) is 4.57 Å². The summed E-state index contributed by atoms with van der Waals surface area (Å²) >= 11 is 0. The first-order chi connectivity index (χ1) is 44.8. The van der Waals surface area contributed by atoms with E-state index in [4.69, 9.17) is 24.3 Å². The maximum atomic E-state index is 12.8. The van der Waals surface area contributed by atoms with E-state index in [0.717, 1.165) is 109 Å². The van der Waals surface area contributed by atoms with Crippen LogP contribution in [0.3, 0.4) is 0 Å². The van der Waals surface area contributed by atoms with E-state index in [2.05, 4.69) is 148 Å². The zero-order valence-corrected chi connectivity index (χ0v) is 59.7. The minimum Gasteiger partial charge on any atom is -0.462 e. The zero-order valence-electron chi connectivity index (χ0n) is 58.8.